The van der Waals surface area contributed by atoms with E-state index in [-0.39, 0.29) is 6.04 Å². The highest BCUT2D eigenvalue weighted by molar-refractivity contribution is 7.16. The second-order valence-electron chi connectivity index (χ2n) is 3.88. The van der Waals surface area contributed by atoms with Crippen molar-refractivity contribution >= 4 is 22.9 Å². The molecule has 17 heavy (non-hydrogen) atoms. The van der Waals surface area contributed by atoms with Crippen molar-refractivity contribution in [1.82, 2.24) is 0 Å². The first-order valence-electron chi connectivity index (χ1n) is 5.35. The van der Waals surface area contributed by atoms with Gasteiger partial charge in [-0.1, -0.05) is 23.7 Å². The molecule has 1 atom stereocenters. The van der Waals surface area contributed by atoms with Crippen molar-refractivity contribution in [2.75, 3.05) is 6.61 Å². The van der Waals surface area contributed by atoms with Gasteiger partial charge in [0, 0.05) is 4.88 Å². The SMILES string of the molecule is Cc1cccc(OCC(N)c2ccc(Cl)s2)c1. The molecule has 0 saturated carbocycles. The van der Waals surface area contributed by atoms with Crippen molar-refractivity contribution in [3.05, 3.63) is 51.2 Å². The molecule has 0 amide bonds. The molecule has 2 nitrogen and oxygen atoms in total. The summed E-state index contributed by atoms with van der Waals surface area (Å²) in [5, 5.41) is 0. The van der Waals surface area contributed by atoms with Gasteiger partial charge < -0.3 is 10.5 Å². The fourth-order valence-electron chi connectivity index (χ4n) is 1.50. The van der Waals surface area contributed by atoms with Crippen LogP contribution in [0.3, 0.4) is 0 Å². The van der Waals surface area contributed by atoms with Crippen LogP contribution in [0.15, 0.2) is 36.4 Å². The Kier molecular flexibility index (Phi) is 4.05. The molecule has 0 aliphatic carbocycles. The third-order valence-electron chi connectivity index (χ3n) is 2.38. The molecular weight excluding hydrogens is 254 g/mol. The molecule has 0 bridgehead atoms. The Balaban J connectivity index is 1.94. The topological polar surface area (TPSA) is 35.2 Å². The molecule has 1 unspecified atom stereocenters. The van der Waals surface area contributed by atoms with Crippen molar-refractivity contribution in [2.45, 2.75) is 13.0 Å². The summed E-state index contributed by atoms with van der Waals surface area (Å²) in [5.74, 6) is 0.850. The summed E-state index contributed by atoms with van der Waals surface area (Å²) in [4.78, 5) is 1.04. The maximum absolute atomic E-state index is 6.02. The second-order valence-corrected chi connectivity index (χ2v) is 5.62. The van der Waals surface area contributed by atoms with E-state index < -0.39 is 0 Å². The third kappa shape index (κ3) is 3.46. The van der Waals surface area contributed by atoms with E-state index in [2.05, 4.69) is 0 Å². The molecule has 1 heterocycles. The predicted octanol–water partition coefficient (Wildman–Crippen LogP) is 3.79. The fraction of sp³-hybridized carbons (Fsp3) is 0.231. The van der Waals surface area contributed by atoms with Crippen LogP contribution in [0, 0.1) is 6.92 Å². The largest absolute Gasteiger partial charge is 0.492 e. The van der Waals surface area contributed by atoms with Crippen LogP contribution in [0.1, 0.15) is 16.5 Å². The summed E-state index contributed by atoms with van der Waals surface area (Å²) in [6.45, 7) is 2.49. The van der Waals surface area contributed by atoms with Crippen LogP contribution in [-0.4, -0.2) is 6.61 Å². The van der Waals surface area contributed by atoms with E-state index in [4.69, 9.17) is 22.1 Å². The Labute approximate surface area is 110 Å². The number of aryl methyl sites for hydroxylation is 1. The number of halogens is 1. The smallest absolute Gasteiger partial charge is 0.119 e. The summed E-state index contributed by atoms with van der Waals surface area (Å²) in [5.41, 5.74) is 7.20. The van der Waals surface area contributed by atoms with Crippen molar-refractivity contribution in [3.63, 3.8) is 0 Å². The normalized spacial score (nSPS) is 12.4. The van der Waals surface area contributed by atoms with E-state index >= 15 is 0 Å². The Hall–Kier alpha value is -1.03. The number of nitrogens with two attached hydrogens (primary N) is 1. The van der Waals surface area contributed by atoms with Gasteiger partial charge in [0.05, 0.1) is 10.4 Å². The highest BCUT2D eigenvalue weighted by atomic mass is 35.5. The lowest BCUT2D eigenvalue weighted by molar-refractivity contribution is 0.292. The molecule has 0 fully saturated rings. The van der Waals surface area contributed by atoms with Gasteiger partial charge in [0.25, 0.3) is 0 Å². The second kappa shape index (κ2) is 5.54. The lowest BCUT2D eigenvalue weighted by Gasteiger charge is -2.11. The molecule has 2 N–H and O–H groups in total. The summed E-state index contributed by atoms with van der Waals surface area (Å²) in [6, 6.07) is 11.6. The maximum atomic E-state index is 6.02. The number of hydrogen-bond acceptors (Lipinski definition) is 3. The lowest BCUT2D eigenvalue weighted by Crippen LogP contribution is -2.17. The van der Waals surface area contributed by atoms with Gasteiger partial charge in [0.1, 0.15) is 12.4 Å². The molecular formula is C13H14ClNOS. The van der Waals surface area contributed by atoms with Gasteiger partial charge in [-0.3, -0.25) is 0 Å². The van der Waals surface area contributed by atoms with Gasteiger partial charge in [0.2, 0.25) is 0 Å². The Bertz CT molecular complexity index is 498. The summed E-state index contributed by atoms with van der Waals surface area (Å²) in [6.07, 6.45) is 0. The van der Waals surface area contributed by atoms with Gasteiger partial charge in [0.15, 0.2) is 0 Å². The fourth-order valence-corrected chi connectivity index (χ4v) is 2.55. The number of hydrogen-bond donors (Lipinski definition) is 1. The van der Waals surface area contributed by atoms with Gasteiger partial charge >= 0.3 is 0 Å². The van der Waals surface area contributed by atoms with Crippen LogP contribution in [0.25, 0.3) is 0 Å². The number of ether oxygens (including phenoxy) is 1. The van der Waals surface area contributed by atoms with E-state index in [9.17, 15) is 0 Å². The quantitative estimate of drug-likeness (QED) is 0.915. The first kappa shape index (κ1) is 12.4. The molecule has 90 valence electrons. The van der Waals surface area contributed by atoms with Crippen LogP contribution < -0.4 is 10.5 Å². The Morgan fingerprint density at radius 2 is 2.18 bits per heavy atom. The minimum Gasteiger partial charge on any atom is -0.492 e. The molecule has 0 aliphatic heterocycles. The van der Waals surface area contributed by atoms with E-state index in [1.165, 1.54) is 16.9 Å². The average Bonchev–Trinajstić information content (AvgIpc) is 2.73. The molecule has 0 aliphatic rings. The van der Waals surface area contributed by atoms with Crippen molar-refractivity contribution in [1.29, 1.82) is 0 Å². The average molecular weight is 268 g/mol. The zero-order valence-corrected chi connectivity index (χ0v) is 11.1. The zero-order chi connectivity index (χ0) is 12.3. The van der Waals surface area contributed by atoms with Crippen LogP contribution in [0.5, 0.6) is 5.75 Å². The highest BCUT2D eigenvalue weighted by Crippen LogP contribution is 2.26. The first-order valence-corrected chi connectivity index (χ1v) is 6.55. The van der Waals surface area contributed by atoms with Crippen LogP contribution in [0.2, 0.25) is 4.34 Å². The minimum atomic E-state index is -0.131. The van der Waals surface area contributed by atoms with Crippen LogP contribution >= 0.6 is 22.9 Å². The first-order chi connectivity index (χ1) is 8.15. The van der Waals surface area contributed by atoms with Crippen LogP contribution in [0.4, 0.5) is 0 Å². The predicted molar refractivity (Wildman–Crippen MR) is 72.9 cm³/mol. The molecule has 1 aromatic heterocycles. The van der Waals surface area contributed by atoms with E-state index in [0.29, 0.717) is 6.61 Å². The number of thiophene rings is 1. The molecule has 0 saturated heterocycles. The van der Waals surface area contributed by atoms with Gasteiger partial charge in [-0.05, 0) is 36.8 Å². The van der Waals surface area contributed by atoms with Crippen molar-refractivity contribution < 1.29 is 4.74 Å². The zero-order valence-electron chi connectivity index (χ0n) is 9.52. The molecule has 0 radical (unpaired) electrons. The molecule has 1 aromatic carbocycles. The number of benzene rings is 1. The highest BCUT2D eigenvalue weighted by Gasteiger charge is 2.09. The molecule has 0 spiro atoms. The summed E-state index contributed by atoms with van der Waals surface area (Å²) >= 11 is 7.36. The van der Waals surface area contributed by atoms with Crippen LogP contribution in [-0.2, 0) is 0 Å². The van der Waals surface area contributed by atoms with E-state index in [1.54, 1.807) is 0 Å². The van der Waals surface area contributed by atoms with E-state index in [0.717, 1.165) is 15.0 Å². The standard InChI is InChI=1S/C13H14ClNOS/c1-9-3-2-4-10(7-9)16-8-11(15)12-5-6-13(14)17-12/h2-7,11H,8,15H2,1H3. The summed E-state index contributed by atoms with van der Waals surface area (Å²) < 4.78 is 6.41. The van der Waals surface area contributed by atoms with Gasteiger partial charge in [-0.15, -0.1) is 11.3 Å². The van der Waals surface area contributed by atoms with Crippen molar-refractivity contribution in [3.8, 4) is 5.75 Å². The maximum Gasteiger partial charge on any atom is 0.119 e. The summed E-state index contributed by atoms with van der Waals surface area (Å²) in [7, 11) is 0. The van der Waals surface area contributed by atoms with Gasteiger partial charge in [-0.25, -0.2) is 0 Å². The van der Waals surface area contributed by atoms with Gasteiger partial charge in [-0.2, -0.15) is 0 Å². The monoisotopic (exact) mass is 267 g/mol. The Morgan fingerprint density at radius 1 is 1.35 bits per heavy atom. The number of rotatable bonds is 4. The molecule has 2 aromatic rings. The molecule has 4 heteroatoms. The Morgan fingerprint density at radius 3 is 2.82 bits per heavy atom. The minimum absolute atomic E-state index is 0.131. The van der Waals surface area contributed by atoms with E-state index in [1.807, 2.05) is 43.3 Å². The lowest BCUT2D eigenvalue weighted by atomic mass is 10.2. The van der Waals surface area contributed by atoms with Crippen molar-refractivity contribution in [2.24, 2.45) is 5.73 Å². The molecule has 2 rings (SSSR count). The third-order valence-corrected chi connectivity index (χ3v) is 3.74.